The summed E-state index contributed by atoms with van der Waals surface area (Å²) in [6.07, 6.45) is 0. The number of benzene rings is 1. The van der Waals surface area contributed by atoms with E-state index >= 15 is 0 Å². The summed E-state index contributed by atoms with van der Waals surface area (Å²) < 4.78 is 49.1. The number of methoxy groups -OCH3 is 1. The maximum Gasteiger partial charge on any atom is 0.241 e. The van der Waals surface area contributed by atoms with Gasteiger partial charge in [-0.25, -0.2) is 27.1 Å². The van der Waals surface area contributed by atoms with Crippen LogP contribution < -0.4 is 15.0 Å². The Balaban J connectivity index is 3.58. The number of sulfonamides is 2. The maximum absolute atomic E-state index is 11.2. The maximum atomic E-state index is 11.2. The second kappa shape index (κ2) is 4.01. The highest BCUT2D eigenvalue weighted by molar-refractivity contribution is 7.90. The van der Waals surface area contributed by atoms with Crippen molar-refractivity contribution >= 4 is 20.0 Å². The minimum absolute atomic E-state index is 0.0464. The summed E-state index contributed by atoms with van der Waals surface area (Å²) in [5.74, 6) is -0.0464. The van der Waals surface area contributed by atoms with Gasteiger partial charge in [-0.15, -0.1) is 0 Å². The van der Waals surface area contributed by atoms with E-state index in [1.165, 1.54) is 13.2 Å². The molecule has 1 rings (SSSR count). The fraction of sp³-hybridized carbons (Fsp3) is 0.143. The van der Waals surface area contributed by atoms with Crippen molar-refractivity contribution in [2.75, 3.05) is 7.11 Å². The molecule has 0 aromatic heterocycles. The SMILES string of the molecule is COc1ccc(S(N)(=O)=O)cc1S(N)(=O)=O. The van der Waals surface area contributed by atoms with E-state index in [1.807, 2.05) is 0 Å². The van der Waals surface area contributed by atoms with Crippen molar-refractivity contribution in [2.45, 2.75) is 9.79 Å². The van der Waals surface area contributed by atoms with E-state index in [1.54, 1.807) is 0 Å². The molecule has 9 heteroatoms. The largest absolute Gasteiger partial charge is 0.495 e. The van der Waals surface area contributed by atoms with E-state index in [-0.39, 0.29) is 10.6 Å². The number of nitrogens with two attached hydrogens (primary N) is 2. The Morgan fingerprint density at radius 3 is 2.00 bits per heavy atom. The molecule has 0 unspecified atom stereocenters. The molecule has 4 N–H and O–H groups in total. The fourth-order valence-corrected chi connectivity index (χ4v) is 2.39. The van der Waals surface area contributed by atoms with Gasteiger partial charge in [0, 0.05) is 0 Å². The molecule has 0 aliphatic rings. The summed E-state index contributed by atoms with van der Waals surface area (Å²) in [7, 11) is -6.82. The standard InChI is InChI=1S/C7H10N2O5S2/c1-14-6-3-2-5(15(8,10)11)4-7(6)16(9,12)13/h2-4H,1H3,(H2,8,10,11)(H2,9,12,13). The lowest BCUT2D eigenvalue weighted by atomic mass is 10.3. The molecule has 0 bridgehead atoms. The van der Waals surface area contributed by atoms with Crippen LogP contribution in [-0.2, 0) is 20.0 Å². The van der Waals surface area contributed by atoms with Gasteiger partial charge in [0.2, 0.25) is 20.0 Å². The predicted octanol–water partition coefficient (Wildman–Crippen LogP) is -1.01. The third-order valence-electron chi connectivity index (χ3n) is 1.77. The molecule has 90 valence electrons. The van der Waals surface area contributed by atoms with E-state index in [0.717, 1.165) is 12.1 Å². The summed E-state index contributed by atoms with van der Waals surface area (Å²) >= 11 is 0. The topological polar surface area (TPSA) is 130 Å². The third-order valence-corrected chi connectivity index (χ3v) is 3.61. The molecule has 0 saturated heterocycles. The Morgan fingerprint density at radius 1 is 1.06 bits per heavy atom. The van der Waals surface area contributed by atoms with E-state index in [9.17, 15) is 16.8 Å². The van der Waals surface area contributed by atoms with Gasteiger partial charge < -0.3 is 4.74 Å². The van der Waals surface area contributed by atoms with Crippen molar-refractivity contribution in [3.05, 3.63) is 18.2 Å². The molecule has 0 amide bonds. The minimum atomic E-state index is -4.07. The molecule has 0 aliphatic heterocycles. The first-order chi connectivity index (χ1) is 7.16. The van der Waals surface area contributed by atoms with Crippen LogP contribution in [0.4, 0.5) is 0 Å². The number of primary sulfonamides is 2. The summed E-state index contributed by atoms with van der Waals surface area (Å²) in [6.45, 7) is 0. The minimum Gasteiger partial charge on any atom is -0.495 e. The summed E-state index contributed by atoms with van der Waals surface area (Å²) in [5, 5.41) is 9.76. The zero-order valence-electron chi connectivity index (χ0n) is 8.24. The Labute approximate surface area is 93.1 Å². The van der Waals surface area contributed by atoms with Crippen molar-refractivity contribution in [3.63, 3.8) is 0 Å². The molecule has 1 aromatic carbocycles. The number of hydrogen-bond donors (Lipinski definition) is 2. The molecule has 0 heterocycles. The Hall–Kier alpha value is -1.16. The highest BCUT2D eigenvalue weighted by atomic mass is 32.2. The first-order valence-electron chi connectivity index (χ1n) is 3.90. The van der Waals surface area contributed by atoms with Gasteiger partial charge in [-0.3, -0.25) is 0 Å². The highest BCUT2D eigenvalue weighted by Gasteiger charge is 2.18. The zero-order chi connectivity index (χ0) is 12.6. The molecule has 0 spiro atoms. The fourth-order valence-electron chi connectivity index (χ4n) is 1.06. The van der Waals surface area contributed by atoms with Crippen LogP contribution in [0.25, 0.3) is 0 Å². The number of ether oxygens (including phenoxy) is 1. The van der Waals surface area contributed by atoms with Gasteiger partial charge >= 0.3 is 0 Å². The van der Waals surface area contributed by atoms with Crippen molar-refractivity contribution in [1.82, 2.24) is 0 Å². The van der Waals surface area contributed by atoms with E-state index in [0.29, 0.717) is 0 Å². The molecular formula is C7H10N2O5S2. The molecule has 1 aromatic rings. The Bertz CT molecular complexity index is 606. The molecule has 7 nitrogen and oxygen atoms in total. The highest BCUT2D eigenvalue weighted by Crippen LogP contribution is 2.25. The van der Waals surface area contributed by atoms with Crippen molar-refractivity contribution < 1.29 is 21.6 Å². The quantitative estimate of drug-likeness (QED) is 0.724. The van der Waals surface area contributed by atoms with Gasteiger partial charge in [0.25, 0.3) is 0 Å². The van der Waals surface area contributed by atoms with Crippen LogP contribution in [0.15, 0.2) is 28.0 Å². The Morgan fingerprint density at radius 2 is 1.62 bits per heavy atom. The molecule has 0 saturated carbocycles. The third kappa shape index (κ3) is 2.70. The second-order valence-electron chi connectivity index (χ2n) is 2.90. The van der Waals surface area contributed by atoms with E-state index < -0.39 is 24.9 Å². The molecule has 0 radical (unpaired) electrons. The average molecular weight is 266 g/mol. The van der Waals surface area contributed by atoms with E-state index in [2.05, 4.69) is 0 Å². The van der Waals surface area contributed by atoms with Gasteiger partial charge in [0.15, 0.2) is 0 Å². The van der Waals surface area contributed by atoms with Crippen LogP contribution in [0.1, 0.15) is 0 Å². The lowest BCUT2D eigenvalue weighted by molar-refractivity contribution is 0.402. The van der Waals surface area contributed by atoms with Crippen LogP contribution in [0.2, 0.25) is 0 Å². The van der Waals surface area contributed by atoms with Crippen LogP contribution in [-0.4, -0.2) is 23.9 Å². The normalized spacial score (nSPS) is 12.4. The van der Waals surface area contributed by atoms with Crippen molar-refractivity contribution in [2.24, 2.45) is 10.3 Å². The summed E-state index contributed by atoms with van der Waals surface area (Å²) in [5.41, 5.74) is 0. The zero-order valence-corrected chi connectivity index (χ0v) is 9.88. The smallest absolute Gasteiger partial charge is 0.241 e. The molecule has 0 fully saturated rings. The predicted molar refractivity (Wildman–Crippen MR) is 55.7 cm³/mol. The van der Waals surface area contributed by atoms with Gasteiger partial charge in [-0.05, 0) is 18.2 Å². The monoisotopic (exact) mass is 266 g/mol. The molecular weight excluding hydrogens is 256 g/mol. The average Bonchev–Trinajstić information content (AvgIpc) is 2.14. The van der Waals surface area contributed by atoms with Crippen molar-refractivity contribution in [1.29, 1.82) is 0 Å². The summed E-state index contributed by atoms with van der Waals surface area (Å²) in [4.78, 5) is -0.779. The Kier molecular flexibility index (Phi) is 3.24. The van der Waals surface area contributed by atoms with Crippen LogP contribution >= 0.6 is 0 Å². The molecule has 16 heavy (non-hydrogen) atoms. The summed E-state index contributed by atoms with van der Waals surface area (Å²) in [6, 6.07) is 3.14. The van der Waals surface area contributed by atoms with Crippen LogP contribution in [0.3, 0.4) is 0 Å². The second-order valence-corrected chi connectivity index (χ2v) is 5.99. The number of hydrogen-bond acceptors (Lipinski definition) is 5. The van der Waals surface area contributed by atoms with Gasteiger partial charge in [-0.2, -0.15) is 0 Å². The first kappa shape index (κ1) is 12.9. The lowest BCUT2D eigenvalue weighted by Gasteiger charge is -2.07. The van der Waals surface area contributed by atoms with Crippen molar-refractivity contribution in [3.8, 4) is 5.75 Å². The first-order valence-corrected chi connectivity index (χ1v) is 6.99. The number of rotatable bonds is 3. The molecule has 0 aliphatic carbocycles. The van der Waals surface area contributed by atoms with Gasteiger partial charge in [0.05, 0.1) is 12.0 Å². The van der Waals surface area contributed by atoms with Crippen LogP contribution in [0, 0.1) is 0 Å². The van der Waals surface area contributed by atoms with Crippen LogP contribution in [0.5, 0.6) is 5.75 Å². The molecule has 0 atom stereocenters. The lowest BCUT2D eigenvalue weighted by Crippen LogP contribution is -2.16. The van der Waals surface area contributed by atoms with Gasteiger partial charge in [0.1, 0.15) is 10.6 Å². The van der Waals surface area contributed by atoms with E-state index in [4.69, 9.17) is 15.0 Å². The van der Waals surface area contributed by atoms with Gasteiger partial charge in [-0.1, -0.05) is 0 Å².